The molecular weight excluding hydrogens is 258 g/mol. The number of nitrogens with one attached hydrogen (secondary N) is 1. The molecule has 116 valence electrons. The van der Waals surface area contributed by atoms with E-state index >= 15 is 0 Å². The third-order valence-corrected chi connectivity index (χ3v) is 5.38. The van der Waals surface area contributed by atoms with Gasteiger partial charge in [-0.1, -0.05) is 25.8 Å². The molecule has 3 nitrogen and oxygen atoms in total. The maximum Gasteiger partial charge on any atom is 0.128 e. The van der Waals surface area contributed by atoms with Gasteiger partial charge in [0.25, 0.3) is 0 Å². The Labute approximate surface area is 129 Å². The van der Waals surface area contributed by atoms with Crippen LogP contribution < -0.4 is 10.2 Å². The van der Waals surface area contributed by atoms with Crippen molar-refractivity contribution in [2.75, 3.05) is 24.5 Å². The molecule has 2 heterocycles. The SMILES string of the molecule is CCCNCc1ccc(N2CCC3(CCCC3)CC2)nc1. The third-order valence-electron chi connectivity index (χ3n) is 5.38. The van der Waals surface area contributed by atoms with Gasteiger partial charge in [0.2, 0.25) is 0 Å². The van der Waals surface area contributed by atoms with Gasteiger partial charge in [0.1, 0.15) is 5.82 Å². The van der Waals surface area contributed by atoms with Crippen LogP contribution in [0.4, 0.5) is 5.82 Å². The van der Waals surface area contributed by atoms with Crippen molar-refractivity contribution in [3.05, 3.63) is 23.9 Å². The van der Waals surface area contributed by atoms with Crippen molar-refractivity contribution in [1.29, 1.82) is 0 Å². The molecule has 3 rings (SSSR count). The molecule has 1 N–H and O–H groups in total. The van der Waals surface area contributed by atoms with E-state index in [-0.39, 0.29) is 0 Å². The monoisotopic (exact) mass is 287 g/mol. The first-order valence-corrected chi connectivity index (χ1v) is 8.72. The number of hydrogen-bond donors (Lipinski definition) is 1. The average Bonchev–Trinajstić information content (AvgIpc) is 2.97. The zero-order chi connectivity index (χ0) is 14.5. The lowest BCUT2D eigenvalue weighted by Crippen LogP contribution is -2.39. The standard InChI is InChI=1S/C18H29N3/c1-2-11-19-14-16-5-6-17(20-15-16)21-12-9-18(10-13-21)7-3-4-8-18/h5-6,15,19H,2-4,7-14H2,1H3. The van der Waals surface area contributed by atoms with E-state index < -0.39 is 0 Å². The topological polar surface area (TPSA) is 28.2 Å². The highest BCUT2D eigenvalue weighted by Gasteiger charge is 2.37. The van der Waals surface area contributed by atoms with E-state index in [2.05, 4.69) is 34.3 Å². The highest BCUT2D eigenvalue weighted by atomic mass is 15.2. The molecule has 0 radical (unpaired) electrons. The number of hydrogen-bond acceptors (Lipinski definition) is 3. The molecule has 0 amide bonds. The Balaban J connectivity index is 1.53. The van der Waals surface area contributed by atoms with E-state index in [0.717, 1.165) is 13.1 Å². The molecule has 2 fully saturated rings. The number of pyridine rings is 1. The van der Waals surface area contributed by atoms with Crippen LogP contribution in [0.3, 0.4) is 0 Å². The first kappa shape index (κ1) is 14.8. The summed E-state index contributed by atoms with van der Waals surface area (Å²) in [7, 11) is 0. The van der Waals surface area contributed by atoms with Crippen molar-refractivity contribution in [2.24, 2.45) is 5.41 Å². The maximum absolute atomic E-state index is 4.68. The van der Waals surface area contributed by atoms with Crippen molar-refractivity contribution >= 4 is 5.82 Å². The number of rotatable bonds is 5. The first-order valence-electron chi connectivity index (χ1n) is 8.72. The highest BCUT2D eigenvalue weighted by Crippen LogP contribution is 2.46. The molecule has 1 aliphatic carbocycles. The predicted molar refractivity (Wildman–Crippen MR) is 88.6 cm³/mol. The molecule has 21 heavy (non-hydrogen) atoms. The second-order valence-corrected chi connectivity index (χ2v) is 6.90. The van der Waals surface area contributed by atoms with Crippen molar-refractivity contribution < 1.29 is 0 Å². The van der Waals surface area contributed by atoms with E-state index in [1.54, 1.807) is 0 Å². The molecular formula is C18H29N3. The van der Waals surface area contributed by atoms with Crippen molar-refractivity contribution in [2.45, 2.75) is 58.4 Å². The quantitative estimate of drug-likeness (QED) is 0.836. The smallest absolute Gasteiger partial charge is 0.128 e. The van der Waals surface area contributed by atoms with Gasteiger partial charge >= 0.3 is 0 Å². The van der Waals surface area contributed by atoms with Crippen LogP contribution in [0.25, 0.3) is 0 Å². The molecule has 1 saturated heterocycles. The molecule has 0 unspecified atom stereocenters. The Morgan fingerprint density at radius 2 is 1.90 bits per heavy atom. The third kappa shape index (κ3) is 3.57. The first-order chi connectivity index (χ1) is 10.3. The molecule has 0 bridgehead atoms. The summed E-state index contributed by atoms with van der Waals surface area (Å²) in [5, 5.41) is 3.43. The highest BCUT2D eigenvalue weighted by molar-refractivity contribution is 5.40. The predicted octanol–water partition coefficient (Wildman–Crippen LogP) is 3.74. The van der Waals surface area contributed by atoms with E-state index in [1.165, 1.54) is 69.4 Å². The van der Waals surface area contributed by atoms with Crippen LogP contribution in [-0.2, 0) is 6.54 Å². The summed E-state index contributed by atoms with van der Waals surface area (Å²) in [4.78, 5) is 7.16. The molecule has 1 spiro atoms. The van der Waals surface area contributed by atoms with Gasteiger partial charge in [0, 0.05) is 25.8 Å². The molecule has 1 aliphatic heterocycles. The Morgan fingerprint density at radius 1 is 1.14 bits per heavy atom. The van der Waals surface area contributed by atoms with E-state index in [4.69, 9.17) is 0 Å². The van der Waals surface area contributed by atoms with Gasteiger partial charge < -0.3 is 10.2 Å². The van der Waals surface area contributed by atoms with Crippen LogP contribution >= 0.6 is 0 Å². The van der Waals surface area contributed by atoms with Crippen LogP contribution in [0.5, 0.6) is 0 Å². The van der Waals surface area contributed by atoms with Crippen LogP contribution in [0, 0.1) is 5.41 Å². The van der Waals surface area contributed by atoms with E-state index in [0.29, 0.717) is 5.41 Å². The Hall–Kier alpha value is -1.09. The zero-order valence-corrected chi connectivity index (χ0v) is 13.4. The number of anilines is 1. The number of aromatic nitrogens is 1. The summed E-state index contributed by atoms with van der Waals surface area (Å²) in [5.74, 6) is 1.17. The fourth-order valence-corrected chi connectivity index (χ4v) is 3.95. The minimum Gasteiger partial charge on any atom is -0.357 e. The van der Waals surface area contributed by atoms with Gasteiger partial charge in [0.05, 0.1) is 0 Å². The fourth-order valence-electron chi connectivity index (χ4n) is 3.95. The van der Waals surface area contributed by atoms with Crippen molar-refractivity contribution in [3.63, 3.8) is 0 Å². The fraction of sp³-hybridized carbons (Fsp3) is 0.722. The summed E-state index contributed by atoms with van der Waals surface area (Å²) in [5.41, 5.74) is 1.98. The van der Waals surface area contributed by atoms with Gasteiger partial charge in [-0.25, -0.2) is 4.98 Å². The van der Waals surface area contributed by atoms with Gasteiger partial charge in [0.15, 0.2) is 0 Å². The Morgan fingerprint density at radius 3 is 2.52 bits per heavy atom. The van der Waals surface area contributed by atoms with Crippen molar-refractivity contribution in [3.8, 4) is 0 Å². The average molecular weight is 287 g/mol. The minimum absolute atomic E-state index is 0.695. The second-order valence-electron chi connectivity index (χ2n) is 6.90. The lowest BCUT2D eigenvalue weighted by Gasteiger charge is -2.40. The van der Waals surface area contributed by atoms with Crippen LogP contribution in [0.1, 0.15) is 57.4 Å². The largest absolute Gasteiger partial charge is 0.357 e. The zero-order valence-electron chi connectivity index (χ0n) is 13.4. The lowest BCUT2D eigenvalue weighted by atomic mass is 9.77. The van der Waals surface area contributed by atoms with Gasteiger partial charge in [-0.05, 0) is 55.7 Å². The molecule has 3 heteroatoms. The van der Waals surface area contributed by atoms with E-state index in [1.807, 2.05) is 6.20 Å². The summed E-state index contributed by atoms with van der Waals surface area (Å²) in [6, 6.07) is 4.43. The molecule has 2 aliphatic rings. The minimum atomic E-state index is 0.695. The normalized spacial score (nSPS) is 21.1. The van der Waals surface area contributed by atoms with Gasteiger partial charge in [-0.2, -0.15) is 0 Å². The van der Waals surface area contributed by atoms with Gasteiger partial charge in [-0.15, -0.1) is 0 Å². The lowest BCUT2D eigenvalue weighted by molar-refractivity contribution is 0.226. The maximum atomic E-state index is 4.68. The number of nitrogens with zero attached hydrogens (tertiary/aromatic N) is 2. The Kier molecular flexibility index (Phi) is 4.79. The van der Waals surface area contributed by atoms with Crippen LogP contribution in [0.15, 0.2) is 18.3 Å². The molecule has 1 aromatic heterocycles. The molecule has 0 aromatic carbocycles. The second kappa shape index (κ2) is 6.78. The van der Waals surface area contributed by atoms with Gasteiger partial charge in [-0.3, -0.25) is 0 Å². The summed E-state index contributed by atoms with van der Waals surface area (Å²) in [6.07, 6.45) is 11.8. The number of piperidine rings is 1. The summed E-state index contributed by atoms with van der Waals surface area (Å²) in [6.45, 7) is 6.60. The van der Waals surface area contributed by atoms with E-state index in [9.17, 15) is 0 Å². The summed E-state index contributed by atoms with van der Waals surface area (Å²) >= 11 is 0. The van der Waals surface area contributed by atoms with Crippen molar-refractivity contribution in [1.82, 2.24) is 10.3 Å². The molecule has 1 saturated carbocycles. The summed E-state index contributed by atoms with van der Waals surface area (Å²) < 4.78 is 0. The Bertz CT molecular complexity index is 424. The van der Waals surface area contributed by atoms with Crippen LogP contribution in [0.2, 0.25) is 0 Å². The molecule has 0 atom stereocenters. The molecule has 1 aromatic rings. The van der Waals surface area contributed by atoms with Crippen LogP contribution in [-0.4, -0.2) is 24.6 Å².